The molecule has 2 fully saturated rings. The van der Waals surface area contributed by atoms with Crippen LogP contribution >= 0.6 is 0 Å². The third-order valence-corrected chi connectivity index (χ3v) is 6.92. The maximum Gasteiger partial charge on any atom is 0.230 e. The van der Waals surface area contributed by atoms with Crippen LogP contribution in [0.5, 0.6) is 0 Å². The molecule has 1 amide bonds. The Hall–Kier alpha value is -2.15. The van der Waals surface area contributed by atoms with Crippen LogP contribution < -0.4 is 10.6 Å². The molecule has 2 N–H and O–H groups in total. The van der Waals surface area contributed by atoms with Gasteiger partial charge in [0.05, 0.1) is 12.0 Å². The number of benzene rings is 1. The molecular formula is C25H40FN5O. The number of likely N-dealkylation sites (tertiary alicyclic amines) is 1. The van der Waals surface area contributed by atoms with Crippen molar-refractivity contribution in [2.24, 2.45) is 16.3 Å². The van der Waals surface area contributed by atoms with E-state index in [1.165, 1.54) is 6.07 Å². The number of hydrogen-bond acceptors (Lipinski definition) is 3. The second-order valence-electron chi connectivity index (χ2n) is 9.57. The van der Waals surface area contributed by atoms with Gasteiger partial charge in [-0.05, 0) is 57.7 Å². The zero-order valence-corrected chi connectivity index (χ0v) is 20.0. The van der Waals surface area contributed by atoms with Crippen molar-refractivity contribution in [1.29, 1.82) is 0 Å². The first-order valence-corrected chi connectivity index (χ1v) is 12.1. The van der Waals surface area contributed by atoms with Crippen LogP contribution in [0.4, 0.5) is 4.39 Å². The van der Waals surface area contributed by atoms with Crippen LogP contribution in [-0.2, 0) is 11.3 Å². The van der Waals surface area contributed by atoms with Gasteiger partial charge in [0.1, 0.15) is 5.82 Å². The van der Waals surface area contributed by atoms with Gasteiger partial charge in [-0.2, -0.15) is 0 Å². The van der Waals surface area contributed by atoms with Gasteiger partial charge in [-0.15, -0.1) is 0 Å². The van der Waals surface area contributed by atoms with Gasteiger partial charge >= 0.3 is 0 Å². The smallest absolute Gasteiger partial charge is 0.230 e. The Balaban J connectivity index is 1.49. The predicted octanol–water partition coefficient (Wildman–Crippen LogP) is 3.24. The molecule has 0 unspecified atom stereocenters. The Morgan fingerprint density at radius 2 is 1.88 bits per heavy atom. The van der Waals surface area contributed by atoms with Crippen molar-refractivity contribution in [3.63, 3.8) is 0 Å². The van der Waals surface area contributed by atoms with Gasteiger partial charge in [0.25, 0.3) is 0 Å². The quantitative estimate of drug-likeness (QED) is 0.476. The Morgan fingerprint density at radius 1 is 1.19 bits per heavy atom. The highest BCUT2D eigenvalue weighted by Crippen LogP contribution is 2.39. The van der Waals surface area contributed by atoms with Gasteiger partial charge in [-0.3, -0.25) is 14.7 Å². The summed E-state index contributed by atoms with van der Waals surface area (Å²) in [6.07, 6.45) is 6.23. The Kier molecular flexibility index (Phi) is 8.91. The highest BCUT2D eigenvalue weighted by Gasteiger charge is 2.42. The molecule has 32 heavy (non-hydrogen) atoms. The van der Waals surface area contributed by atoms with Crippen molar-refractivity contribution in [3.8, 4) is 0 Å². The summed E-state index contributed by atoms with van der Waals surface area (Å²) in [7, 11) is 3.68. The molecule has 0 bridgehead atoms. The largest absolute Gasteiger partial charge is 0.357 e. The lowest BCUT2D eigenvalue weighted by atomic mass is 9.85. The Morgan fingerprint density at radius 3 is 2.50 bits per heavy atom. The minimum Gasteiger partial charge on any atom is -0.357 e. The third kappa shape index (κ3) is 6.44. The summed E-state index contributed by atoms with van der Waals surface area (Å²) in [6.45, 7) is 6.91. The monoisotopic (exact) mass is 445 g/mol. The molecule has 1 saturated heterocycles. The Labute approximate surface area is 192 Å². The number of nitrogens with one attached hydrogen (secondary N) is 2. The summed E-state index contributed by atoms with van der Waals surface area (Å²) in [5, 5.41) is 6.85. The number of guanidine groups is 1. The molecule has 1 aromatic rings. The van der Waals surface area contributed by atoms with Crippen LogP contribution in [-0.4, -0.2) is 68.5 Å². The standard InChI is InChI=1S/C25H40FN5O/c1-4-27-24(29-19-25(13-7-8-14-25)23(32)30(2)3)28-17-20-11-15-31(16-12-20)18-21-9-5-6-10-22(21)26/h5-6,9-10,20H,4,7-8,11-19H2,1-3H3,(H2,27,28,29). The Bertz CT molecular complexity index is 767. The maximum atomic E-state index is 13.9. The first-order chi connectivity index (χ1) is 15.4. The lowest BCUT2D eigenvalue weighted by Gasteiger charge is -2.32. The number of nitrogens with zero attached hydrogens (tertiary/aromatic N) is 3. The fraction of sp³-hybridized carbons (Fsp3) is 0.680. The van der Waals surface area contributed by atoms with E-state index in [2.05, 4.69) is 22.5 Å². The molecule has 178 valence electrons. The van der Waals surface area contributed by atoms with Gasteiger partial charge in [-0.25, -0.2) is 4.39 Å². The van der Waals surface area contributed by atoms with Crippen molar-refractivity contribution in [1.82, 2.24) is 20.4 Å². The maximum absolute atomic E-state index is 13.9. The molecular weight excluding hydrogens is 405 g/mol. The van der Waals surface area contributed by atoms with Crippen molar-refractivity contribution in [3.05, 3.63) is 35.6 Å². The molecule has 1 saturated carbocycles. The van der Waals surface area contributed by atoms with Crippen molar-refractivity contribution in [2.75, 3.05) is 46.8 Å². The average molecular weight is 446 g/mol. The van der Waals surface area contributed by atoms with Crippen LogP contribution in [0.3, 0.4) is 0 Å². The molecule has 2 aliphatic rings. The normalized spacial score (nSPS) is 19.7. The van der Waals surface area contributed by atoms with Gasteiger partial charge in [0.15, 0.2) is 5.96 Å². The number of carbonyl (C=O) groups excluding carboxylic acids is 1. The molecule has 1 aromatic carbocycles. The van der Waals surface area contributed by atoms with Crippen LogP contribution in [0.1, 0.15) is 51.0 Å². The van der Waals surface area contributed by atoms with E-state index in [9.17, 15) is 9.18 Å². The van der Waals surface area contributed by atoms with Crippen molar-refractivity contribution in [2.45, 2.75) is 52.0 Å². The molecule has 0 radical (unpaired) electrons. The molecule has 3 rings (SSSR count). The van der Waals surface area contributed by atoms with E-state index in [4.69, 9.17) is 4.99 Å². The average Bonchev–Trinajstić information content (AvgIpc) is 3.27. The van der Waals surface area contributed by atoms with Gasteiger partial charge < -0.3 is 15.5 Å². The fourth-order valence-corrected chi connectivity index (χ4v) is 5.00. The van der Waals surface area contributed by atoms with E-state index < -0.39 is 0 Å². The SMILES string of the molecule is CCNC(=NCC1(C(=O)N(C)C)CCCC1)NCC1CCN(Cc2ccccc2F)CC1. The number of halogens is 1. The molecule has 7 heteroatoms. The predicted molar refractivity (Wildman–Crippen MR) is 128 cm³/mol. The molecule has 1 aliphatic carbocycles. The summed E-state index contributed by atoms with van der Waals surface area (Å²) in [5.41, 5.74) is 0.433. The third-order valence-electron chi connectivity index (χ3n) is 6.92. The number of piperidine rings is 1. The zero-order chi connectivity index (χ0) is 23.0. The molecule has 0 aromatic heterocycles. The van der Waals surface area contributed by atoms with E-state index >= 15 is 0 Å². The van der Waals surface area contributed by atoms with Gasteiger partial charge in [-0.1, -0.05) is 31.0 Å². The highest BCUT2D eigenvalue weighted by atomic mass is 19.1. The number of amides is 1. The summed E-state index contributed by atoms with van der Waals surface area (Å²) < 4.78 is 13.9. The number of hydrogen-bond donors (Lipinski definition) is 2. The van der Waals surface area contributed by atoms with E-state index in [-0.39, 0.29) is 17.1 Å². The first-order valence-electron chi connectivity index (χ1n) is 12.1. The van der Waals surface area contributed by atoms with Crippen LogP contribution in [0.15, 0.2) is 29.3 Å². The highest BCUT2D eigenvalue weighted by molar-refractivity contribution is 5.84. The number of aliphatic imine (C=N–C) groups is 1. The minimum atomic E-state index is -0.343. The second-order valence-corrected chi connectivity index (χ2v) is 9.57. The number of carbonyl (C=O) groups is 1. The van der Waals surface area contributed by atoms with Crippen LogP contribution in [0.25, 0.3) is 0 Å². The number of rotatable bonds is 8. The van der Waals surface area contributed by atoms with E-state index in [1.807, 2.05) is 26.2 Å². The topological polar surface area (TPSA) is 60.0 Å². The zero-order valence-electron chi connectivity index (χ0n) is 20.0. The molecule has 0 atom stereocenters. The summed E-state index contributed by atoms with van der Waals surface area (Å²) in [6, 6.07) is 7.05. The van der Waals surface area contributed by atoms with Crippen LogP contribution in [0.2, 0.25) is 0 Å². The molecule has 6 nitrogen and oxygen atoms in total. The minimum absolute atomic E-state index is 0.115. The summed E-state index contributed by atoms with van der Waals surface area (Å²) >= 11 is 0. The molecule has 1 aliphatic heterocycles. The fourth-order valence-electron chi connectivity index (χ4n) is 5.00. The second kappa shape index (κ2) is 11.6. The molecule has 0 spiro atoms. The first kappa shape index (κ1) is 24.5. The lowest BCUT2D eigenvalue weighted by molar-refractivity contribution is -0.138. The van der Waals surface area contributed by atoms with Crippen LogP contribution in [0, 0.1) is 17.2 Å². The summed E-state index contributed by atoms with van der Waals surface area (Å²) in [4.78, 5) is 21.7. The summed E-state index contributed by atoms with van der Waals surface area (Å²) in [5.74, 6) is 1.46. The lowest BCUT2D eigenvalue weighted by Crippen LogP contribution is -2.45. The van der Waals surface area contributed by atoms with E-state index in [1.54, 1.807) is 11.0 Å². The van der Waals surface area contributed by atoms with Gasteiger partial charge in [0.2, 0.25) is 5.91 Å². The van der Waals surface area contributed by atoms with Crippen molar-refractivity contribution >= 4 is 11.9 Å². The molecule has 1 heterocycles. The van der Waals surface area contributed by atoms with E-state index in [0.717, 1.165) is 76.2 Å². The van der Waals surface area contributed by atoms with Crippen molar-refractivity contribution < 1.29 is 9.18 Å². The van der Waals surface area contributed by atoms with Gasteiger partial charge in [0, 0.05) is 39.3 Å². The van der Waals surface area contributed by atoms with E-state index in [0.29, 0.717) is 19.0 Å².